The topological polar surface area (TPSA) is 102 Å². The third-order valence-electron chi connectivity index (χ3n) is 4.21. The van der Waals surface area contributed by atoms with Gasteiger partial charge in [0.05, 0.1) is 29.5 Å². The summed E-state index contributed by atoms with van der Waals surface area (Å²) in [7, 11) is -4.21. The van der Waals surface area contributed by atoms with Crippen molar-refractivity contribution in [2.75, 3.05) is 35.9 Å². The minimum atomic E-state index is -4.21. The van der Waals surface area contributed by atoms with Crippen LogP contribution < -0.4 is 9.62 Å². The molecule has 1 heterocycles. The van der Waals surface area contributed by atoms with Crippen LogP contribution in [0.5, 0.6) is 0 Å². The maximum Gasteiger partial charge on any atom is 0.290 e. The molecule has 1 N–H and O–H groups in total. The van der Waals surface area contributed by atoms with E-state index in [0.29, 0.717) is 37.0 Å². The van der Waals surface area contributed by atoms with E-state index >= 15 is 0 Å². The number of benzene rings is 2. The molecule has 3 rings (SSSR count). The van der Waals surface area contributed by atoms with E-state index in [9.17, 15) is 18.5 Å². The molecule has 0 radical (unpaired) electrons. The number of nitro groups is 1. The van der Waals surface area contributed by atoms with Crippen LogP contribution in [0.2, 0.25) is 5.02 Å². The average Bonchev–Trinajstić information content (AvgIpc) is 2.61. The zero-order valence-corrected chi connectivity index (χ0v) is 16.1. The Morgan fingerprint density at radius 3 is 2.59 bits per heavy atom. The van der Waals surface area contributed by atoms with Gasteiger partial charge in [0, 0.05) is 24.2 Å². The third kappa shape index (κ3) is 4.15. The molecular formula is C17H18ClN3O5S. The number of anilines is 2. The van der Waals surface area contributed by atoms with Crippen molar-refractivity contribution in [3.8, 4) is 0 Å². The molecule has 0 unspecified atom stereocenters. The second-order valence-electron chi connectivity index (χ2n) is 6.05. The van der Waals surface area contributed by atoms with Gasteiger partial charge >= 0.3 is 0 Å². The summed E-state index contributed by atoms with van der Waals surface area (Å²) in [5.41, 5.74) is 0.716. The zero-order valence-electron chi connectivity index (χ0n) is 14.5. The second-order valence-corrected chi connectivity index (χ2v) is 8.10. The lowest BCUT2D eigenvalue weighted by atomic mass is 10.2. The molecule has 0 aliphatic carbocycles. The smallest absolute Gasteiger partial charge is 0.290 e. The van der Waals surface area contributed by atoms with Gasteiger partial charge in [-0.25, -0.2) is 8.42 Å². The van der Waals surface area contributed by atoms with Crippen LogP contribution >= 0.6 is 11.6 Å². The zero-order chi connectivity index (χ0) is 19.6. The number of hydrogen-bond donors (Lipinski definition) is 1. The van der Waals surface area contributed by atoms with Gasteiger partial charge in [0.2, 0.25) is 0 Å². The first-order chi connectivity index (χ1) is 12.8. The number of nitrogens with zero attached hydrogens (tertiary/aromatic N) is 2. The van der Waals surface area contributed by atoms with Crippen molar-refractivity contribution in [2.45, 2.75) is 11.8 Å². The Bertz CT molecular complexity index is 975. The van der Waals surface area contributed by atoms with Crippen LogP contribution in [-0.4, -0.2) is 39.6 Å². The molecule has 27 heavy (non-hydrogen) atoms. The monoisotopic (exact) mass is 411 g/mol. The number of ether oxygens (including phenoxy) is 1. The van der Waals surface area contributed by atoms with Gasteiger partial charge in [-0.05, 0) is 30.7 Å². The van der Waals surface area contributed by atoms with Gasteiger partial charge in [-0.2, -0.15) is 0 Å². The summed E-state index contributed by atoms with van der Waals surface area (Å²) >= 11 is 6.06. The second kappa shape index (κ2) is 7.71. The van der Waals surface area contributed by atoms with Crippen LogP contribution in [0.4, 0.5) is 17.1 Å². The van der Waals surface area contributed by atoms with Crippen molar-refractivity contribution in [1.29, 1.82) is 0 Å². The summed E-state index contributed by atoms with van der Waals surface area (Å²) in [6.07, 6.45) is 0. The van der Waals surface area contributed by atoms with Crippen LogP contribution in [-0.2, 0) is 14.8 Å². The molecule has 0 saturated carbocycles. The first-order valence-electron chi connectivity index (χ1n) is 8.18. The standard InChI is InChI=1S/C17H18ClN3O5S/c1-12-3-2-4-16(21(22)23)17(12)27(24,25)19-14-11-13(18)5-6-15(14)20-7-9-26-10-8-20/h2-6,11,19H,7-10H2,1H3. The molecular weight excluding hydrogens is 394 g/mol. The Morgan fingerprint density at radius 1 is 1.22 bits per heavy atom. The molecule has 0 bridgehead atoms. The average molecular weight is 412 g/mol. The number of halogens is 1. The summed E-state index contributed by atoms with van der Waals surface area (Å²) in [6.45, 7) is 3.76. The Kier molecular flexibility index (Phi) is 5.54. The fourth-order valence-electron chi connectivity index (χ4n) is 3.00. The maximum absolute atomic E-state index is 13.0. The lowest BCUT2D eigenvalue weighted by molar-refractivity contribution is -0.387. The van der Waals surface area contributed by atoms with E-state index < -0.39 is 20.6 Å². The first kappa shape index (κ1) is 19.4. The normalized spacial score (nSPS) is 14.8. The molecule has 1 fully saturated rings. The SMILES string of the molecule is Cc1cccc([N+](=O)[O-])c1S(=O)(=O)Nc1cc(Cl)ccc1N1CCOCC1. The molecule has 0 atom stereocenters. The lowest BCUT2D eigenvalue weighted by Crippen LogP contribution is -2.36. The molecule has 0 amide bonds. The van der Waals surface area contributed by atoms with Crippen LogP contribution in [0.15, 0.2) is 41.3 Å². The summed E-state index contributed by atoms with van der Waals surface area (Å²) in [6, 6.07) is 9.02. The fourth-order valence-corrected chi connectivity index (χ4v) is 4.63. The minimum absolute atomic E-state index is 0.266. The van der Waals surface area contributed by atoms with Gasteiger partial charge in [0.15, 0.2) is 4.90 Å². The van der Waals surface area contributed by atoms with Crippen LogP contribution in [0.25, 0.3) is 0 Å². The van der Waals surface area contributed by atoms with E-state index in [0.717, 1.165) is 0 Å². The van der Waals surface area contributed by atoms with Crippen molar-refractivity contribution >= 4 is 38.7 Å². The van der Waals surface area contributed by atoms with Crippen molar-refractivity contribution in [3.63, 3.8) is 0 Å². The number of aryl methyl sites for hydroxylation is 1. The molecule has 0 spiro atoms. The highest BCUT2D eigenvalue weighted by Crippen LogP contribution is 2.34. The van der Waals surface area contributed by atoms with Crippen LogP contribution in [0.3, 0.4) is 0 Å². The van der Waals surface area contributed by atoms with Gasteiger partial charge in [0.1, 0.15) is 0 Å². The predicted molar refractivity (Wildman–Crippen MR) is 103 cm³/mol. The Morgan fingerprint density at radius 2 is 1.93 bits per heavy atom. The van der Waals surface area contributed by atoms with E-state index in [1.54, 1.807) is 12.1 Å². The summed E-state index contributed by atoms with van der Waals surface area (Å²) in [5, 5.41) is 11.7. The largest absolute Gasteiger partial charge is 0.378 e. The van der Waals surface area contributed by atoms with E-state index in [1.807, 2.05) is 4.90 Å². The molecule has 8 nitrogen and oxygen atoms in total. The highest BCUT2D eigenvalue weighted by atomic mass is 35.5. The third-order valence-corrected chi connectivity index (χ3v) is 6.00. The number of nitrogens with one attached hydrogen (secondary N) is 1. The summed E-state index contributed by atoms with van der Waals surface area (Å²) in [4.78, 5) is 12.2. The molecule has 1 aliphatic rings. The van der Waals surface area contributed by atoms with Crippen molar-refractivity contribution < 1.29 is 18.1 Å². The van der Waals surface area contributed by atoms with Gasteiger partial charge in [-0.1, -0.05) is 23.7 Å². The molecule has 10 heteroatoms. The Hall–Kier alpha value is -2.36. The van der Waals surface area contributed by atoms with E-state index in [-0.39, 0.29) is 16.1 Å². The van der Waals surface area contributed by atoms with Crippen molar-refractivity contribution in [3.05, 3.63) is 57.1 Å². The quantitative estimate of drug-likeness (QED) is 0.598. The number of hydrogen-bond acceptors (Lipinski definition) is 6. The highest BCUT2D eigenvalue weighted by molar-refractivity contribution is 7.93. The number of rotatable bonds is 5. The molecule has 0 aromatic heterocycles. The predicted octanol–water partition coefficient (Wildman–Crippen LogP) is 3.19. The van der Waals surface area contributed by atoms with Gasteiger partial charge in [-0.3, -0.25) is 14.8 Å². The number of sulfonamides is 1. The molecule has 1 saturated heterocycles. The van der Waals surface area contributed by atoms with Crippen LogP contribution in [0.1, 0.15) is 5.56 Å². The molecule has 144 valence electrons. The summed E-state index contributed by atoms with van der Waals surface area (Å²) in [5.74, 6) is 0. The highest BCUT2D eigenvalue weighted by Gasteiger charge is 2.29. The molecule has 2 aromatic carbocycles. The van der Waals surface area contributed by atoms with E-state index in [2.05, 4.69) is 4.72 Å². The Labute approximate surface area is 161 Å². The summed E-state index contributed by atoms with van der Waals surface area (Å²) < 4.78 is 33.8. The number of nitro benzene ring substituents is 1. The van der Waals surface area contributed by atoms with Gasteiger partial charge < -0.3 is 9.64 Å². The van der Waals surface area contributed by atoms with Crippen molar-refractivity contribution in [2.24, 2.45) is 0 Å². The Balaban J connectivity index is 2.05. The van der Waals surface area contributed by atoms with E-state index in [1.165, 1.54) is 31.2 Å². The fraction of sp³-hybridized carbons (Fsp3) is 0.294. The minimum Gasteiger partial charge on any atom is -0.378 e. The van der Waals surface area contributed by atoms with Crippen molar-refractivity contribution in [1.82, 2.24) is 0 Å². The van der Waals surface area contributed by atoms with Gasteiger partial charge in [0.25, 0.3) is 15.7 Å². The van der Waals surface area contributed by atoms with Gasteiger partial charge in [-0.15, -0.1) is 0 Å². The first-order valence-corrected chi connectivity index (χ1v) is 10.0. The lowest BCUT2D eigenvalue weighted by Gasteiger charge is -2.30. The molecule has 2 aromatic rings. The number of morpholine rings is 1. The maximum atomic E-state index is 13.0. The van der Waals surface area contributed by atoms with E-state index in [4.69, 9.17) is 16.3 Å². The van der Waals surface area contributed by atoms with Crippen LogP contribution in [0, 0.1) is 17.0 Å². The molecule has 1 aliphatic heterocycles.